The molecule has 1 unspecified atom stereocenters. The second-order valence-corrected chi connectivity index (χ2v) is 10.1. The summed E-state index contributed by atoms with van der Waals surface area (Å²) < 4.78 is 17.3. The first kappa shape index (κ1) is 27.7. The van der Waals surface area contributed by atoms with E-state index < -0.39 is 6.04 Å². The van der Waals surface area contributed by atoms with Crippen molar-refractivity contribution in [3.05, 3.63) is 107 Å². The molecule has 0 aliphatic heterocycles. The molecule has 0 radical (unpaired) electrons. The number of nitrogens with one attached hydrogen (secondary N) is 2. The Labute approximate surface area is 245 Å². The molecule has 0 aliphatic rings. The second kappa shape index (κ2) is 11.4. The van der Waals surface area contributed by atoms with Crippen LogP contribution < -0.4 is 16.2 Å². The van der Waals surface area contributed by atoms with Gasteiger partial charge in [-0.2, -0.15) is 4.80 Å². The Bertz CT molecular complexity index is 2030. The molecule has 6 aromatic rings. The summed E-state index contributed by atoms with van der Waals surface area (Å²) in [6.07, 6.45) is 5.26. The van der Waals surface area contributed by atoms with Crippen molar-refractivity contribution in [2.24, 2.45) is 7.05 Å². The van der Waals surface area contributed by atoms with Gasteiger partial charge in [0.2, 0.25) is 11.7 Å². The summed E-state index contributed by atoms with van der Waals surface area (Å²) in [5.74, 6) is -0.174. The van der Waals surface area contributed by atoms with E-state index in [9.17, 15) is 14.0 Å². The lowest BCUT2D eigenvalue weighted by atomic mass is 10.1. The van der Waals surface area contributed by atoms with Crippen LogP contribution in [-0.4, -0.2) is 53.3 Å². The van der Waals surface area contributed by atoms with Crippen molar-refractivity contribution in [3.8, 4) is 28.3 Å². The van der Waals surface area contributed by atoms with Crippen LogP contribution >= 0.6 is 0 Å². The fraction of sp³-hybridized carbons (Fsp3) is 0.161. The van der Waals surface area contributed by atoms with Crippen LogP contribution in [0.2, 0.25) is 0 Å². The molecule has 0 fully saturated rings. The van der Waals surface area contributed by atoms with Gasteiger partial charge in [0.25, 0.3) is 5.56 Å². The van der Waals surface area contributed by atoms with Gasteiger partial charge in [-0.15, -0.1) is 10.2 Å². The Morgan fingerprint density at radius 3 is 2.65 bits per heavy atom. The summed E-state index contributed by atoms with van der Waals surface area (Å²) in [5, 5.41) is 18.7. The van der Waals surface area contributed by atoms with E-state index in [1.807, 2.05) is 47.2 Å². The van der Waals surface area contributed by atoms with Gasteiger partial charge >= 0.3 is 0 Å². The summed E-state index contributed by atoms with van der Waals surface area (Å²) in [7, 11) is 3.37. The number of amides is 1. The Kier molecular flexibility index (Phi) is 7.34. The molecule has 0 saturated carbocycles. The third kappa shape index (κ3) is 5.55. The number of fused-ring (bicyclic) bond motifs is 1. The van der Waals surface area contributed by atoms with E-state index in [0.29, 0.717) is 11.5 Å². The zero-order chi connectivity index (χ0) is 30.1. The number of nitrogens with zero attached hydrogens (tertiary/aromatic N) is 7. The largest absolute Gasteiger partial charge is 0.320 e. The molecule has 1 atom stereocenters. The molecule has 6 rings (SSSR count). The predicted octanol–water partition coefficient (Wildman–Crippen LogP) is 3.78. The number of hydrogen-bond donors (Lipinski definition) is 2. The maximum Gasteiger partial charge on any atom is 0.275 e. The van der Waals surface area contributed by atoms with Crippen LogP contribution in [0.4, 0.5) is 10.1 Å². The molecule has 0 spiro atoms. The van der Waals surface area contributed by atoms with Gasteiger partial charge < -0.3 is 19.8 Å². The molecule has 4 heterocycles. The van der Waals surface area contributed by atoms with Crippen molar-refractivity contribution in [2.45, 2.75) is 19.5 Å². The first-order valence-electron chi connectivity index (χ1n) is 13.6. The second-order valence-electron chi connectivity index (χ2n) is 10.1. The minimum Gasteiger partial charge on any atom is -0.320 e. The van der Waals surface area contributed by atoms with E-state index in [0.717, 1.165) is 33.3 Å². The smallest absolute Gasteiger partial charge is 0.275 e. The molecule has 2 N–H and O–H groups in total. The molecule has 1 amide bonds. The number of tetrazole rings is 1. The van der Waals surface area contributed by atoms with E-state index in [2.05, 4.69) is 31.0 Å². The van der Waals surface area contributed by atoms with Crippen molar-refractivity contribution >= 4 is 22.5 Å². The predicted molar refractivity (Wildman–Crippen MR) is 161 cm³/mol. The lowest BCUT2D eigenvalue weighted by molar-refractivity contribution is -0.117. The average molecular weight is 578 g/mol. The van der Waals surface area contributed by atoms with Crippen LogP contribution in [0.15, 0.2) is 90.1 Å². The van der Waals surface area contributed by atoms with Gasteiger partial charge in [0.15, 0.2) is 0 Å². The zero-order valence-electron chi connectivity index (χ0n) is 23.7. The third-order valence-electron chi connectivity index (χ3n) is 7.23. The number of aryl methyl sites for hydroxylation is 1. The minimum absolute atomic E-state index is 0.158. The highest BCUT2D eigenvalue weighted by molar-refractivity contribution is 5.94. The van der Waals surface area contributed by atoms with Crippen LogP contribution in [0.1, 0.15) is 12.5 Å². The van der Waals surface area contributed by atoms with Gasteiger partial charge in [0.05, 0.1) is 42.7 Å². The number of likely N-dealkylation sites (N-methyl/N-ethyl adjacent to an activating group) is 1. The number of aromatic nitrogens is 7. The van der Waals surface area contributed by atoms with Crippen LogP contribution in [0.3, 0.4) is 0 Å². The number of pyridine rings is 2. The van der Waals surface area contributed by atoms with Gasteiger partial charge in [0.1, 0.15) is 11.5 Å². The summed E-state index contributed by atoms with van der Waals surface area (Å²) in [6, 6.07) is 18.8. The number of hydrogen-bond acceptors (Lipinski definition) is 7. The molecular formula is C31H28FN9O2. The van der Waals surface area contributed by atoms with Gasteiger partial charge in [-0.1, -0.05) is 18.2 Å². The molecule has 43 heavy (non-hydrogen) atoms. The fourth-order valence-electron chi connectivity index (χ4n) is 4.89. The Morgan fingerprint density at radius 1 is 1.02 bits per heavy atom. The van der Waals surface area contributed by atoms with Crippen molar-refractivity contribution in [2.75, 3.05) is 12.4 Å². The first-order valence-corrected chi connectivity index (χ1v) is 13.6. The maximum absolute atomic E-state index is 13.9. The minimum atomic E-state index is -0.491. The monoisotopic (exact) mass is 577 g/mol. The Balaban J connectivity index is 1.43. The van der Waals surface area contributed by atoms with Crippen LogP contribution in [0, 0.1) is 5.82 Å². The molecule has 0 bridgehead atoms. The fourth-order valence-corrected chi connectivity index (χ4v) is 4.89. The number of carbonyl (C=O) groups is 1. The number of rotatable bonds is 8. The standard InChI is InChI=1S/C31H28FN9O2/c1-19(33-2)30(42)35-26-8-10-28(21-5-4-6-23(14-21)29-36-38-39(3)37-29)41(31(26)43)18-20-13-25(17-34-16-20)40-12-11-22-15-24(32)7-9-27(22)40/h4-17,19,33H,18H2,1-3H3,(H,35,42). The average Bonchev–Trinajstić information content (AvgIpc) is 3.65. The summed E-state index contributed by atoms with van der Waals surface area (Å²) in [6.45, 7) is 1.88. The quantitative estimate of drug-likeness (QED) is 0.282. The van der Waals surface area contributed by atoms with Crippen LogP contribution in [0.5, 0.6) is 0 Å². The molecule has 216 valence electrons. The van der Waals surface area contributed by atoms with E-state index >= 15 is 0 Å². The van der Waals surface area contributed by atoms with E-state index in [4.69, 9.17) is 0 Å². The highest BCUT2D eigenvalue weighted by atomic mass is 19.1. The summed E-state index contributed by atoms with van der Waals surface area (Å²) in [4.78, 5) is 32.4. The summed E-state index contributed by atoms with van der Waals surface area (Å²) in [5.41, 5.74) is 4.25. The van der Waals surface area contributed by atoms with E-state index in [1.54, 1.807) is 56.2 Å². The maximum atomic E-state index is 13.9. The number of benzene rings is 2. The highest BCUT2D eigenvalue weighted by Gasteiger charge is 2.17. The van der Waals surface area contributed by atoms with Gasteiger partial charge in [-0.3, -0.25) is 14.6 Å². The topological polar surface area (TPSA) is 125 Å². The van der Waals surface area contributed by atoms with Crippen molar-refractivity contribution in [1.82, 2.24) is 39.6 Å². The zero-order valence-corrected chi connectivity index (χ0v) is 23.7. The molecule has 11 nitrogen and oxygen atoms in total. The normalized spacial score (nSPS) is 12.0. The lowest BCUT2D eigenvalue weighted by Crippen LogP contribution is -2.37. The SMILES string of the molecule is CNC(C)C(=O)Nc1ccc(-c2cccc(-c3nnn(C)n3)c2)n(Cc2cncc(-n3ccc4cc(F)ccc43)c2)c1=O. The first-order chi connectivity index (χ1) is 20.8. The van der Waals surface area contributed by atoms with Crippen LogP contribution in [-0.2, 0) is 18.4 Å². The lowest BCUT2D eigenvalue weighted by Gasteiger charge is -2.17. The Morgan fingerprint density at radius 2 is 1.86 bits per heavy atom. The van der Waals surface area contributed by atoms with E-state index in [1.165, 1.54) is 16.9 Å². The van der Waals surface area contributed by atoms with Crippen molar-refractivity contribution in [1.29, 1.82) is 0 Å². The molecule has 4 aromatic heterocycles. The number of anilines is 1. The summed E-state index contributed by atoms with van der Waals surface area (Å²) >= 11 is 0. The molecule has 2 aromatic carbocycles. The van der Waals surface area contributed by atoms with Gasteiger partial charge in [0, 0.05) is 23.3 Å². The van der Waals surface area contributed by atoms with E-state index in [-0.39, 0.29) is 29.5 Å². The van der Waals surface area contributed by atoms with Crippen LogP contribution in [0.25, 0.3) is 39.2 Å². The highest BCUT2D eigenvalue weighted by Crippen LogP contribution is 2.26. The van der Waals surface area contributed by atoms with Crippen molar-refractivity contribution < 1.29 is 9.18 Å². The van der Waals surface area contributed by atoms with Crippen molar-refractivity contribution in [3.63, 3.8) is 0 Å². The number of halogens is 1. The van der Waals surface area contributed by atoms with Gasteiger partial charge in [-0.05, 0) is 78.8 Å². The Hall–Kier alpha value is -5.49. The molecular weight excluding hydrogens is 549 g/mol. The molecule has 12 heteroatoms. The third-order valence-corrected chi connectivity index (χ3v) is 7.23. The van der Waals surface area contributed by atoms with Gasteiger partial charge in [-0.25, -0.2) is 4.39 Å². The molecule has 0 aliphatic carbocycles. The molecule has 0 saturated heterocycles. The number of carbonyl (C=O) groups excluding carboxylic acids is 1.